The molecule has 1 unspecified atom stereocenters. The van der Waals surface area contributed by atoms with Crippen LogP contribution in [0.2, 0.25) is 0 Å². The van der Waals surface area contributed by atoms with Crippen molar-refractivity contribution in [3.63, 3.8) is 0 Å². The molecule has 2 aromatic rings. The van der Waals surface area contributed by atoms with Crippen molar-refractivity contribution in [2.45, 2.75) is 12.0 Å². The molecule has 6 heteroatoms. The number of nitrogens with zero attached hydrogens (tertiary/aromatic N) is 1. The number of aliphatic hydroxyl groups is 1. The van der Waals surface area contributed by atoms with E-state index in [0.29, 0.717) is 22.6 Å². The van der Waals surface area contributed by atoms with Crippen LogP contribution in [0.1, 0.15) is 22.3 Å². The van der Waals surface area contributed by atoms with E-state index < -0.39 is 11.5 Å². The molecule has 0 saturated heterocycles. The average molecular weight is 390 g/mol. The van der Waals surface area contributed by atoms with Crippen LogP contribution in [-0.4, -0.2) is 31.0 Å². The van der Waals surface area contributed by atoms with Crippen molar-refractivity contribution >= 4 is 33.3 Å². The largest absolute Gasteiger partial charge is 0.497 e. The van der Waals surface area contributed by atoms with Crippen LogP contribution in [0, 0.1) is 0 Å². The van der Waals surface area contributed by atoms with Gasteiger partial charge in [-0.15, -0.1) is 0 Å². The first-order valence-corrected chi connectivity index (χ1v) is 8.14. The maximum atomic E-state index is 12.6. The average Bonchev–Trinajstić information content (AvgIpc) is 2.76. The van der Waals surface area contributed by atoms with Gasteiger partial charge in [-0.1, -0.05) is 15.9 Å². The quantitative estimate of drug-likeness (QED) is 0.816. The highest BCUT2D eigenvalue weighted by Crippen LogP contribution is 2.43. The number of hydrogen-bond acceptors (Lipinski definition) is 4. The van der Waals surface area contributed by atoms with Crippen molar-refractivity contribution in [2.24, 2.45) is 0 Å². The van der Waals surface area contributed by atoms with Gasteiger partial charge in [-0.2, -0.15) is 0 Å². The summed E-state index contributed by atoms with van der Waals surface area (Å²) in [6.45, 7) is 0. The monoisotopic (exact) mass is 389 g/mol. The Morgan fingerprint density at radius 3 is 2.54 bits per heavy atom. The van der Waals surface area contributed by atoms with Gasteiger partial charge in [0.05, 0.1) is 19.2 Å². The van der Waals surface area contributed by atoms with E-state index in [2.05, 4.69) is 15.9 Å². The smallest absolute Gasteiger partial charge is 0.263 e. The summed E-state index contributed by atoms with van der Waals surface area (Å²) in [7, 11) is 3.13. The zero-order chi connectivity index (χ0) is 17.5. The van der Waals surface area contributed by atoms with Gasteiger partial charge in [-0.05, 0) is 42.5 Å². The van der Waals surface area contributed by atoms with Crippen molar-refractivity contribution in [1.82, 2.24) is 0 Å². The third-order valence-corrected chi connectivity index (χ3v) is 4.75. The Bertz CT molecular complexity index is 818. The zero-order valence-corrected chi connectivity index (χ0v) is 14.8. The Labute approximate surface area is 148 Å². The molecule has 0 spiro atoms. The lowest BCUT2D eigenvalue weighted by molar-refractivity contribution is -0.135. The number of amides is 1. The van der Waals surface area contributed by atoms with E-state index in [1.54, 1.807) is 56.6 Å². The molecular formula is C18H16BrNO4. The molecule has 1 amide bonds. The summed E-state index contributed by atoms with van der Waals surface area (Å²) in [4.78, 5) is 26.5. The first-order valence-electron chi connectivity index (χ1n) is 7.34. The van der Waals surface area contributed by atoms with E-state index in [1.165, 1.54) is 4.90 Å². The second-order valence-electron chi connectivity index (χ2n) is 5.71. The third-order valence-electron chi connectivity index (χ3n) is 4.25. The Balaban J connectivity index is 1.95. The summed E-state index contributed by atoms with van der Waals surface area (Å²) >= 11 is 3.34. The fourth-order valence-electron chi connectivity index (χ4n) is 2.92. The lowest BCUT2D eigenvalue weighted by Crippen LogP contribution is -2.40. The molecule has 3 rings (SSSR count). The van der Waals surface area contributed by atoms with Crippen molar-refractivity contribution in [2.75, 3.05) is 19.1 Å². The van der Waals surface area contributed by atoms with Crippen LogP contribution in [0.25, 0.3) is 0 Å². The molecule has 1 aliphatic rings. The number of ether oxygens (including phenoxy) is 1. The summed E-state index contributed by atoms with van der Waals surface area (Å²) in [6, 6.07) is 11.8. The molecule has 1 aliphatic heterocycles. The Morgan fingerprint density at radius 1 is 1.25 bits per heavy atom. The van der Waals surface area contributed by atoms with Crippen LogP contribution in [0.3, 0.4) is 0 Å². The summed E-state index contributed by atoms with van der Waals surface area (Å²) in [5, 5.41) is 11.0. The maximum absolute atomic E-state index is 12.6. The molecule has 5 nitrogen and oxygen atoms in total. The minimum Gasteiger partial charge on any atom is -0.497 e. The normalized spacial score (nSPS) is 19.3. The summed E-state index contributed by atoms with van der Waals surface area (Å²) in [5.41, 5.74) is -0.396. The first kappa shape index (κ1) is 16.7. The number of methoxy groups -OCH3 is 1. The van der Waals surface area contributed by atoms with Crippen LogP contribution in [0.4, 0.5) is 5.69 Å². The molecular weight excluding hydrogens is 374 g/mol. The van der Waals surface area contributed by atoms with Crippen LogP contribution in [0.5, 0.6) is 5.75 Å². The number of ketones is 1. The predicted molar refractivity (Wildman–Crippen MR) is 93.4 cm³/mol. The van der Waals surface area contributed by atoms with Gasteiger partial charge in [0.15, 0.2) is 11.4 Å². The Morgan fingerprint density at radius 2 is 1.92 bits per heavy atom. The molecule has 2 aromatic carbocycles. The Hall–Kier alpha value is -2.18. The fourth-order valence-corrected chi connectivity index (χ4v) is 3.28. The number of Topliss-reactive ketones (excluding diaryl/α,β-unsaturated/α-hetero) is 1. The SMILES string of the molecule is COc1ccc(C(=O)CC2(O)C(=O)N(C)c3ccc(Br)cc32)cc1. The van der Waals surface area contributed by atoms with Crippen LogP contribution < -0.4 is 9.64 Å². The van der Waals surface area contributed by atoms with Crippen LogP contribution in [0.15, 0.2) is 46.9 Å². The topological polar surface area (TPSA) is 66.8 Å². The number of hydrogen-bond donors (Lipinski definition) is 1. The number of carbonyl (C=O) groups is 2. The van der Waals surface area contributed by atoms with Gasteiger partial charge in [-0.25, -0.2) is 0 Å². The van der Waals surface area contributed by atoms with E-state index in [1.807, 2.05) is 0 Å². The second-order valence-corrected chi connectivity index (χ2v) is 6.63. The molecule has 124 valence electrons. The number of carbonyl (C=O) groups excluding carboxylic acids is 2. The molecule has 0 bridgehead atoms. The van der Waals surface area contributed by atoms with Crippen molar-refractivity contribution in [3.8, 4) is 5.75 Å². The lowest BCUT2D eigenvalue weighted by atomic mass is 9.88. The van der Waals surface area contributed by atoms with Gasteiger partial charge < -0.3 is 14.7 Å². The predicted octanol–water partition coefficient (Wildman–Crippen LogP) is 2.89. The van der Waals surface area contributed by atoms with E-state index in [0.717, 1.165) is 4.47 Å². The highest BCUT2D eigenvalue weighted by molar-refractivity contribution is 9.10. The van der Waals surface area contributed by atoms with Crippen molar-refractivity contribution in [1.29, 1.82) is 0 Å². The number of halogens is 1. The van der Waals surface area contributed by atoms with Gasteiger partial charge in [0.25, 0.3) is 5.91 Å². The standard InChI is InChI=1S/C18H16BrNO4/c1-20-15-8-5-12(19)9-14(15)18(23,17(20)22)10-16(21)11-3-6-13(24-2)7-4-11/h3-9,23H,10H2,1-2H3. The highest BCUT2D eigenvalue weighted by Gasteiger charge is 2.49. The third kappa shape index (κ3) is 2.61. The first-order chi connectivity index (χ1) is 11.4. The van der Waals surface area contributed by atoms with Gasteiger partial charge in [-0.3, -0.25) is 9.59 Å². The minimum atomic E-state index is -1.86. The summed E-state index contributed by atoms with van der Waals surface area (Å²) in [6.07, 6.45) is -0.314. The van der Waals surface area contributed by atoms with Gasteiger partial charge in [0.2, 0.25) is 0 Å². The molecule has 1 heterocycles. The van der Waals surface area contributed by atoms with Crippen molar-refractivity contribution in [3.05, 3.63) is 58.1 Å². The lowest BCUT2D eigenvalue weighted by Gasteiger charge is -2.21. The molecule has 0 fully saturated rings. The second kappa shape index (κ2) is 6.03. The Kier molecular flexibility index (Phi) is 4.19. The molecule has 0 radical (unpaired) electrons. The molecule has 1 N–H and O–H groups in total. The van der Waals surface area contributed by atoms with Gasteiger partial charge in [0, 0.05) is 22.6 Å². The molecule has 0 saturated carbocycles. The van der Waals surface area contributed by atoms with E-state index >= 15 is 0 Å². The van der Waals surface area contributed by atoms with E-state index in [4.69, 9.17) is 4.74 Å². The highest BCUT2D eigenvalue weighted by atomic mass is 79.9. The van der Waals surface area contributed by atoms with Crippen LogP contribution >= 0.6 is 15.9 Å². The summed E-state index contributed by atoms with van der Waals surface area (Å²) in [5.74, 6) is -0.177. The van der Waals surface area contributed by atoms with Crippen molar-refractivity contribution < 1.29 is 19.4 Å². The number of likely N-dealkylation sites (N-methyl/N-ethyl adjacent to an activating group) is 1. The molecule has 24 heavy (non-hydrogen) atoms. The number of anilines is 1. The van der Waals surface area contributed by atoms with Crippen LogP contribution in [-0.2, 0) is 10.4 Å². The number of benzene rings is 2. The zero-order valence-electron chi connectivity index (χ0n) is 13.2. The molecule has 0 aromatic heterocycles. The van der Waals surface area contributed by atoms with E-state index in [9.17, 15) is 14.7 Å². The van der Waals surface area contributed by atoms with Gasteiger partial charge >= 0.3 is 0 Å². The number of rotatable bonds is 4. The van der Waals surface area contributed by atoms with E-state index in [-0.39, 0.29) is 12.2 Å². The molecule has 0 aliphatic carbocycles. The fraction of sp³-hybridized carbons (Fsp3) is 0.222. The maximum Gasteiger partial charge on any atom is 0.263 e. The minimum absolute atomic E-state index is 0.310. The molecule has 1 atom stereocenters. The van der Waals surface area contributed by atoms with Gasteiger partial charge in [0.1, 0.15) is 5.75 Å². The number of fused-ring (bicyclic) bond motifs is 1. The summed E-state index contributed by atoms with van der Waals surface area (Å²) < 4.78 is 5.80.